The maximum Gasteiger partial charge on any atom is 0.419 e. The van der Waals surface area contributed by atoms with Crippen molar-refractivity contribution in [3.05, 3.63) is 48.5 Å². The summed E-state index contributed by atoms with van der Waals surface area (Å²) < 4.78 is 6.83. The molecule has 5 nitrogen and oxygen atoms in total. The number of nitrogens with two attached hydrogens (primary N) is 1. The molecule has 0 saturated heterocycles. The molecule has 2 aromatic carbocycles. The highest BCUT2D eigenvalue weighted by Crippen LogP contribution is 2.34. The first-order chi connectivity index (χ1) is 11.2. The lowest BCUT2D eigenvalue weighted by molar-refractivity contribution is 0.156. The van der Waals surface area contributed by atoms with Crippen LogP contribution in [0.25, 0.3) is 32.7 Å². The fourth-order valence-corrected chi connectivity index (χ4v) is 3.06. The Labute approximate surface area is 132 Å². The van der Waals surface area contributed by atoms with Gasteiger partial charge in [0.15, 0.2) is 0 Å². The average Bonchev–Trinajstić information content (AvgIpc) is 2.90. The van der Waals surface area contributed by atoms with Crippen molar-refractivity contribution in [3.63, 3.8) is 0 Å². The first kappa shape index (κ1) is 13.6. The minimum absolute atomic E-state index is 0.313. The number of pyridine rings is 1. The van der Waals surface area contributed by atoms with Crippen LogP contribution in [0, 0.1) is 0 Å². The van der Waals surface area contributed by atoms with E-state index in [1.807, 2.05) is 48.5 Å². The van der Waals surface area contributed by atoms with E-state index in [-0.39, 0.29) is 0 Å². The van der Waals surface area contributed by atoms with E-state index in [2.05, 4.69) is 4.98 Å². The number of rotatable bonds is 1. The average molecular weight is 305 g/mol. The summed E-state index contributed by atoms with van der Waals surface area (Å²) >= 11 is 0. The lowest BCUT2D eigenvalue weighted by Crippen LogP contribution is -2.13. The van der Waals surface area contributed by atoms with Gasteiger partial charge in [0.25, 0.3) is 0 Å². The summed E-state index contributed by atoms with van der Waals surface area (Å²) in [6.07, 6.45) is -0.407. The molecule has 0 aliphatic heterocycles. The topological polar surface area (TPSA) is 70.1 Å². The zero-order chi connectivity index (χ0) is 16.0. The second-order valence-corrected chi connectivity index (χ2v) is 5.29. The van der Waals surface area contributed by atoms with Crippen LogP contribution in [0.1, 0.15) is 6.92 Å². The van der Waals surface area contributed by atoms with Crippen molar-refractivity contribution >= 4 is 44.6 Å². The van der Waals surface area contributed by atoms with Crippen LogP contribution in [-0.2, 0) is 4.74 Å². The molecule has 2 aromatic heterocycles. The highest BCUT2D eigenvalue weighted by molar-refractivity contribution is 6.20. The highest BCUT2D eigenvalue weighted by Gasteiger charge is 2.20. The van der Waals surface area contributed by atoms with Crippen molar-refractivity contribution in [2.45, 2.75) is 6.92 Å². The molecule has 0 atom stereocenters. The molecule has 0 fully saturated rings. The zero-order valence-corrected chi connectivity index (χ0v) is 12.6. The van der Waals surface area contributed by atoms with Gasteiger partial charge in [0, 0.05) is 16.2 Å². The van der Waals surface area contributed by atoms with Gasteiger partial charge < -0.3 is 10.5 Å². The monoisotopic (exact) mass is 305 g/mol. The number of aromatic nitrogens is 2. The van der Waals surface area contributed by atoms with Crippen LogP contribution in [0.15, 0.2) is 48.5 Å². The Hall–Kier alpha value is -3.08. The Balaban J connectivity index is 2.28. The largest absolute Gasteiger partial charge is 0.449 e. The summed E-state index contributed by atoms with van der Waals surface area (Å²) in [6, 6.07) is 15.3. The Morgan fingerprint density at radius 1 is 1.09 bits per heavy atom. The molecule has 23 heavy (non-hydrogen) atoms. The zero-order valence-electron chi connectivity index (χ0n) is 12.6. The van der Waals surface area contributed by atoms with Gasteiger partial charge in [0.2, 0.25) is 0 Å². The van der Waals surface area contributed by atoms with Gasteiger partial charge in [-0.15, -0.1) is 0 Å². The number of nitrogen functional groups attached to an aromatic ring is 1. The number of hydrogen-bond donors (Lipinski definition) is 1. The van der Waals surface area contributed by atoms with Gasteiger partial charge in [-0.3, -0.25) is 0 Å². The van der Waals surface area contributed by atoms with E-state index in [0.29, 0.717) is 17.9 Å². The molecule has 2 N–H and O–H groups in total. The van der Waals surface area contributed by atoms with Crippen LogP contribution in [0.2, 0.25) is 0 Å². The summed E-state index contributed by atoms with van der Waals surface area (Å²) in [7, 11) is 0. The van der Waals surface area contributed by atoms with E-state index < -0.39 is 6.09 Å². The molecule has 0 radical (unpaired) electrons. The molecule has 0 bridgehead atoms. The lowest BCUT2D eigenvalue weighted by atomic mass is 10.1. The number of benzene rings is 2. The van der Waals surface area contributed by atoms with E-state index in [9.17, 15) is 4.79 Å². The van der Waals surface area contributed by atoms with Crippen LogP contribution in [0.4, 0.5) is 10.6 Å². The molecule has 0 aliphatic carbocycles. The number of para-hydroxylation sites is 1. The summed E-state index contributed by atoms with van der Waals surface area (Å²) in [6.45, 7) is 2.10. The predicted molar refractivity (Wildman–Crippen MR) is 91.6 cm³/mol. The van der Waals surface area contributed by atoms with Crippen LogP contribution >= 0.6 is 0 Å². The van der Waals surface area contributed by atoms with E-state index in [1.54, 1.807) is 11.5 Å². The summed E-state index contributed by atoms with van der Waals surface area (Å²) in [5.74, 6) is 0.458. The fraction of sp³-hybridized carbons (Fsp3) is 0.111. The van der Waals surface area contributed by atoms with Crippen molar-refractivity contribution in [3.8, 4) is 0 Å². The SMILES string of the molecule is CCOC(=O)n1c2ccccc2c2nc(N)c3ccccc3c21. The molecule has 5 heteroatoms. The normalized spacial score (nSPS) is 11.3. The van der Waals surface area contributed by atoms with E-state index >= 15 is 0 Å². The number of fused-ring (bicyclic) bond motifs is 5. The third-order valence-electron chi connectivity index (χ3n) is 3.99. The molecule has 0 amide bonds. The van der Waals surface area contributed by atoms with Gasteiger partial charge in [0.05, 0.1) is 23.2 Å². The standard InChI is InChI=1S/C18H15N3O2/c1-2-23-18(22)21-14-10-6-5-9-13(14)15-16(21)11-7-3-4-8-12(11)17(19)20-15/h3-10H,2H2,1H3,(H2,19,20). The van der Waals surface area contributed by atoms with Gasteiger partial charge in [-0.2, -0.15) is 0 Å². The third-order valence-corrected chi connectivity index (χ3v) is 3.99. The number of ether oxygens (including phenoxy) is 1. The van der Waals surface area contributed by atoms with Gasteiger partial charge in [-0.1, -0.05) is 42.5 Å². The molecule has 4 aromatic rings. The third kappa shape index (κ3) is 1.86. The fourth-order valence-electron chi connectivity index (χ4n) is 3.06. The lowest BCUT2D eigenvalue weighted by Gasteiger charge is -2.08. The Morgan fingerprint density at radius 3 is 2.48 bits per heavy atom. The van der Waals surface area contributed by atoms with E-state index in [1.165, 1.54) is 0 Å². The Morgan fingerprint density at radius 2 is 1.74 bits per heavy atom. The highest BCUT2D eigenvalue weighted by atomic mass is 16.5. The molecule has 0 spiro atoms. The second-order valence-electron chi connectivity index (χ2n) is 5.29. The van der Waals surface area contributed by atoms with Gasteiger partial charge in [0.1, 0.15) is 5.82 Å². The number of carbonyl (C=O) groups excluding carboxylic acids is 1. The van der Waals surface area contributed by atoms with Crippen molar-refractivity contribution in [2.75, 3.05) is 12.3 Å². The second kappa shape index (κ2) is 4.98. The number of hydrogen-bond acceptors (Lipinski definition) is 4. The van der Waals surface area contributed by atoms with Crippen LogP contribution < -0.4 is 5.73 Å². The molecular formula is C18H15N3O2. The Bertz CT molecular complexity index is 1070. The van der Waals surface area contributed by atoms with Gasteiger partial charge >= 0.3 is 6.09 Å². The first-order valence-electron chi connectivity index (χ1n) is 7.47. The van der Waals surface area contributed by atoms with Crippen LogP contribution in [0.3, 0.4) is 0 Å². The molecule has 4 rings (SSSR count). The molecule has 2 heterocycles. The van der Waals surface area contributed by atoms with E-state index in [0.717, 1.165) is 27.2 Å². The first-order valence-corrected chi connectivity index (χ1v) is 7.47. The van der Waals surface area contributed by atoms with Gasteiger partial charge in [-0.05, 0) is 13.0 Å². The smallest absolute Gasteiger partial charge is 0.419 e. The maximum atomic E-state index is 12.5. The number of nitrogens with zero attached hydrogens (tertiary/aromatic N) is 2. The van der Waals surface area contributed by atoms with Crippen LogP contribution in [0.5, 0.6) is 0 Å². The summed E-state index contributed by atoms with van der Waals surface area (Å²) in [4.78, 5) is 17.1. The van der Waals surface area contributed by atoms with E-state index in [4.69, 9.17) is 10.5 Å². The van der Waals surface area contributed by atoms with Crippen molar-refractivity contribution < 1.29 is 9.53 Å². The molecule has 0 aliphatic rings. The number of carbonyl (C=O) groups is 1. The van der Waals surface area contributed by atoms with Crippen LogP contribution in [-0.4, -0.2) is 22.3 Å². The molecule has 0 saturated carbocycles. The quantitative estimate of drug-likeness (QED) is 0.578. The summed E-state index contributed by atoms with van der Waals surface area (Å²) in [5, 5.41) is 2.60. The van der Waals surface area contributed by atoms with Crippen molar-refractivity contribution in [2.24, 2.45) is 0 Å². The summed E-state index contributed by atoms with van der Waals surface area (Å²) in [5.41, 5.74) is 8.33. The Kier molecular flexibility index (Phi) is 2.94. The molecule has 114 valence electrons. The molecule has 0 unspecified atom stereocenters. The van der Waals surface area contributed by atoms with Crippen molar-refractivity contribution in [1.82, 2.24) is 9.55 Å². The van der Waals surface area contributed by atoms with Crippen molar-refractivity contribution in [1.29, 1.82) is 0 Å². The van der Waals surface area contributed by atoms with Gasteiger partial charge in [-0.25, -0.2) is 14.3 Å². The maximum absolute atomic E-state index is 12.5. The predicted octanol–water partition coefficient (Wildman–Crippen LogP) is 3.93. The minimum atomic E-state index is -0.407. The number of anilines is 1. The molecular weight excluding hydrogens is 290 g/mol. The minimum Gasteiger partial charge on any atom is -0.449 e.